The highest BCUT2D eigenvalue weighted by molar-refractivity contribution is 6.29. The lowest BCUT2D eigenvalue weighted by Crippen LogP contribution is -2.31. The van der Waals surface area contributed by atoms with Gasteiger partial charge in [-0.05, 0) is 24.3 Å². The monoisotopic (exact) mass is 330 g/mol. The van der Waals surface area contributed by atoms with Crippen molar-refractivity contribution in [2.75, 3.05) is 10.8 Å². The maximum atomic E-state index is 12.1. The minimum Gasteiger partial charge on any atom is -0.435 e. The number of aryl methyl sites for hydroxylation is 1. The fourth-order valence-corrected chi connectivity index (χ4v) is 1.98. The van der Waals surface area contributed by atoms with Crippen LogP contribution in [0.1, 0.15) is 5.69 Å². The van der Waals surface area contributed by atoms with Gasteiger partial charge in [0.05, 0.1) is 6.54 Å². The molecule has 1 amide bonds. The summed E-state index contributed by atoms with van der Waals surface area (Å²) in [5.74, 6) is -0.540. The molecule has 118 valence electrons. The van der Waals surface area contributed by atoms with Gasteiger partial charge < -0.3 is 9.64 Å². The number of ether oxygens (including phenoxy) is 1. The fourth-order valence-electron chi connectivity index (χ4n) is 1.83. The van der Waals surface area contributed by atoms with E-state index in [2.05, 4.69) is 15.0 Å². The third kappa shape index (κ3) is 4.14. The van der Waals surface area contributed by atoms with E-state index in [-0.39, 0.29) is 24.1 Å². The molecule has 9 heteroatoms. The molecule has 0 saturated carbocycles. The number of aromatic nitrogens is 3. The lowest BCUT2D eigenvalue weighted by atomic mass is 10.2. The summed E-state index contributed by atoms with van der Waals surface area (Å²) < 4.78 is 30.0. The van der Waals surface area contributed by atoms with Gasteiger partial charge in [0.15, 0.2) is 0 Å². The second kappa shape index (κ2) is 7.17. The Labute approximate surface area is 130 Å². The maximum absolute atomic E-state index is 12.1. The molecule has 0 aliphatic carbocycles. The SMILES string of the molecule is Cn1cc(CN(C(=O)CCl)c2ccc(OC(F)F)cc2)nn1. The first-order valence-corrected chi connectivity index (χ1v) is 6.79. The molecular formula is C13H13ClF2N4O2. The van der Waals surface area contributed by atoms with Crippen molar-refractivity contribution >= 4 is 23.2 Å². The highest BCUT2D eigenvalue weighted by atomic mass is 35.5. The summed E-state index contributed by atoms with van der Waals surface area (Å²) in [7, 11) is 1.71. The van der Waals surface area contributed by atoms with E-state index in [0.717, 1.165) is 0 Å². The Bertz CT molecular complexity index is 633. The second-order valence-electron chi connectivity index (χ2n) is 4.37. The first kappa shape index (κ1) is 16.2. The smallest absolute Gasteiger partial charge is 0.387 e. The van der Waals surface area contributed by atoms with Crippen LogP contribution in [0.15, 0.2) is 30.5 Å². The quantitative estimate of drug-likeness (QED) is 0.762. The van der Waals surface area contributed by atoms with Gasteiger partial charge in [0.25, 0.3) is 0 Å². The zero-order chi connectivity index (χ0) is 16.1. The Balaban J connectivity index is 2.19. The number of hydrogen-bond donors (Lipinski definition) is 0. The Hall–Kier alpha value is -2.22. The molecule has 0 saturated heterocycles. The number of amides is 1. The molecule has 22 heavy (non-hydrogen) atoms. The number of rotatable bonds is 6. The third-order valence-electron chi connectivity index (χ3n) is 2.76. The van der Waals surface area contributed by atoms with Crippen molar-refractivity contribution in [1.82, 2.24) is 15.0 Å². The molecule has 0 N–H and O–H groups in total. The van der Waals surface area contributed by atoms with Crippen LogP contribution >= 0.6 is 11.6 Å². The summed E-state index contributed by atoms with van der Waals surface area (Å²) in [4.78, 5) is 13.4. The van der Waals surface area contributed by atoms with Crippen LogP contribution in [0.4, 0.5) is 14.5 Å². The zero-order valence-electron chi connectivity index (χ0n) is 11.6. The number of carbonyl (C=O) groups excluding carboxylic acids is 1. The summed E-state index contributed by atoms with van der Waals surface area (Å²) in [6, 6.07) is 5.70. The number of hydrogen-bond acceptors (Lipinski definition) is 4. The molecule has 0 bridgehead atoms. The lowest BCUT2D eigenvalue weighted by Gasteiger charge is -2.21. The molecule has 0 spiro atoms. The number of carbonyl (C=O) groups is 1. The minimum absolute atomic E-state index is 0.0107. The molecule has 1 aromatic heterocycles. The van der Waals surface area contributed by atoms with E-state index in [1.54, 1.807) is 13.2 Å². The van der Waals surface area contributed by atoms with Gasteiger partial charge in [-0.25, -0.2) is 0 Å². The van der Waals surface area contributed by atoms with Crippen LogP contribution in [-0.4, -0.2) is 33.4 Å². The van der Waals surface area contributed by atoms with E-state index in [1.807, 2.05) is 0 Å². The van der Waals surface area contributed by atoms with E-state index in [1.165, 1.54) is 33.8 Å². The van der Waals surface area contributed by atoms with Gasteiger partial charge >= 0.3 is 6.61 Å². The lowest BCUT2D eigenvalue weighted by molar-refractivity contribution is -0.116. The fraction of sp³-hybridized carbons (Fsp3) is 0.308. The number of anilines is 1. The van der Waals surface area contributed by atoms with Gasteiger partial charge in [-0.3, -0.25) is 9.48 Å². The molecule has 0 aliphatic rings. The van der Waals surface area contributed by atoms with Crippen LogP contribution in [0, 0.1) is 0 Å². The first-order chi connectivity index (χ1) is 10.5. The van der Waals surface area contributed by atoms with Crippen molar-refractivity contribution < 1.29 is 18.3 Å². The molecule has 0 unspecified atom stereocenters. The molecule has 0 fully saturated rings. The van der Waals surface area contributed by atoms with Crippen molar-refractivity contribution in [3.63, 3.8) is 0 Å². The molecule has 6 nitrogen and oxygen atoms in total. The van der Waals surface area contributed by atoms with E-state index in [4.69, 9.17) is 11.6 Å². The largest absolute Gasteiger partial charge is 0.435 e. The number of alkyl halides is 3. The van der Waals surface area contributed by atoms with Crippen LogP contribution in [0.2, 0.25) is 0 Å². The number of benzene rings is 1. The van der Waals surface area contributed by atoms with Crippen molar-refractivity contribution in [2.24, 2.45) is 7.05 Å². The van der Waals surface area contributed by atoms with Gasteiger partial charge in [-0.2, -0.15) is 8.78 Å². The molecule has 0 aliphatic heterocycles. The van der Waals surface area contributed by atoms with Crippen LogP contribution in [0.5, 0.6) is 5.75 Å². The zero-order valence-corrected chi connectivity index (χ0v) is 12.4. The third-order valence-corrected chi connectivity index (χ3v) is 2.99. The van der Waals surface area contributed by atoms with Gasteiger partial charge in [0.2, 0.25) is 5.91 Å². The molecule has 1 aromatic carbocycles. The van der Waals surface area contributed by atoms with Gasteiger partial charge in [0, 0.05) is 18.9 Å². The van der Waals surface area contributed by atoms with Gasteiger partial charge in [0.1, 0.15) is 17.3 Å². The normalized spacial score (nSPS) is 10.8. The predicted molar refractivity (Wildman–Crippen MR) is 76.0 cm³/mol. The van der Waals surface area contributed by atoms with E-state index >= 15 is 0 Å². The summed E-state index contributed by atoms with van der Waals surface area (Å²) in [5, 5.41) is 7.69. The van der Waals surface area contributed by atoms with Crippen molar-refractivity contribution in [3.8, 4) is 5.75 Å². The molecular weight excluding hydrogens is 318 g/mol. The van der Waals surface area contributed by atoms with Crippen LogP contribution in [-0.2, 0) is 18.4 Å². The Kier molecular flexibility index (Phi) is 5.26. The van der Waals surface area contributed by atoms with Crippen molar-refractivity contribution in [3.05, 3.63) is 36.2 Å². The van der Waals surface area contributed by atoms with Crippen molar-refractivity contribution in [2.45, 2.75) is 13.2 Å². The number of halogens is 3. The predicted octanol–water partition coefficient (Wildman–Crippen LogP) is 2.19. The van der Waals surface area contributed by atoms with E-state index < -0.39 is 6.61 Å². The maximum Gasteiger partial charge on any atom is 0.387 e. The van der Waals surface area contributed by atoms with E-state index in [0.29, 0.717) is 11.4 Å². The standard InChI is InChI=1S/C13H13ClF2N4O2/c1-19-7-9(17-18-19)8-20(12(21)6-14)10-2-4-11(5-3-10)22-13(15)16/h2-5,7,13H,6,8H2,1H3. The average molecular weight is 331 g/mol. The molecule has 1 heterocycles. The topological polar surface area (TPSA) is 60.2 Å². The van der Waals surface area contributed by atoms with Gasteiger partial charge in [-0.15, -0.1) is 16.7 Å². The van der Waals surface area contributed by atoms with E-state index in [9.17, 15) is 13.6 Å². The Morgan fingerprint density at radius 1 is 1.41 bits per heavy atom. The average Bonchev–Trinajstić information content (AvgIpc) is 2.90. The summed E-state index contributed by atoms with van der Waals surface area (Å²) in [5.41, 5.74) is 1.08. The molecule has 2 aromatic rings. The Morgan fingerprint density at radius 3 is 2.59 bits per heavy atom. The summed E-state index contributed by atoms with van der Waals surface area (Å²) in [6.07, 6.45) is 1.67. The first-order valence-electron chi connectivity index (χ1n) is 6.26. The molecule has 0 atom stereocenters. The van der Waals surface area contributed by atoms with Crippen molar-refractivity contribution in [1.29, 1.82) is 0 Å². The van der Waals surface area contributed by atoms with Crippen LogP contribution < -0.4 is 9.64 Å². The minimum atomic E-state index is -2.90. The second-order valence-corrected chi connectivity index (χ2v) is 4.64. The van der Waals surface area contributed by atoms with Gasteiger partial charge in [-0.1, -0.05) is 5.21 Å². The Morgan fingerprint density at radius 2 is 2.09 bits per heavy atom. The summed E-state index contributed by atoms with van der Waals surface area (Å²) >= 11 is 5.61. The van der Waals surface area contributed by atoms with Crippen LogP contribution in [0.25, 0.3) is 0 Å². The highest BCUT2D eigenvalue weighted by Crippen LogP contribution is 2.22. The highest BCUT2D eigenvalue weighted by Gasteiger charge is 2.17. The molecule has 0 radical (unpaired) electrons. The van der Waals surface area contributed by atoms with Crippen LogP contribution in [0.3, 0.4) is 0 Å². The summed E-state index contributed by atoms with van der Waals surface area (Å²) in [6.45, 7) is -2.72. The molecule has 2 rings (SSSR count). The number of nitrogens with zero attached hydrogens (tertiary/aromatic N) is 4.